The Hall–Kier alpha value is -3.78. The van der Waals surface area contributed by atoms with Crippen LogP contribution in [0.5, 0.6) is 11.5 Å². The number of carbonyl (C=O) groups excluding carboxylic acids is 1. The van der Waals surface area contributed by atoms with Crippen molar-refractivity contribution in [1.29, 1.82) is 5.26 Å². The van der Waals surface area contributed by atoms with Gasteiger partial charge in [0.15, 0.2) is 18.1 Å². The Morgan fingerprint density at radius 1 is 1.07 bits per heavy atom. The Bertz CT molecular complexity index is 1080. The third-order valence-electron chi connectivity index (χ3n) is 4.53. The third-order valence-corrected chi connectivity index (χ3v) is 4.53. The molecule has 3 aromatic carbocycles. The average Bonchev–Trinajstić information content (AvgIpc) is 2.76. The van der Waals surface area contributed by atoms with Crippen molar-refractivity contribution in [3.05, 3.63) is 72.3 Å². The highest BCUT2D eigenvalue weighted by atomic mass is 16.5. The van der Waals surface area contributed by atoms with Crippen molar-refractivity contribution < 1.29 is 14.3 Å². The van der Waals surface area contributed by atoms with Crippen LogP contribution in [0.3, 0.4) is 0 Å². The molecule has 0 heterocycles. The second-order valence-corrected chi connectivity index (χ2v) is 6.30. The van der Waals surface area contributed by atoms with Crippen molar-refractivity contribution in [2.24, 2.45) is 0 Å². The second-order valence-electron chi connectivity index (χ2n) is 6.30. The van der Waals surface area contributed by atoms with Gasteiger partial charge in [-0.25, -0.2) is 0 Å². The maximum atomic E-state index is 12.8. The molecule has 0 unspecified atom stereocenters. The molecule has 5 nitrogen and oxygen atoms in total. The fraction of sp³-hybridized carbons (Fsp3) is 0.167. The van der Waals surface area contributed by atoms with Gasteiger partial charge >= 0.3 is 0 Å². The minimum Gasteiger partial charge on any atom is -0.493 e. The van der Waals surface area contributed by atoms with Crippen LogP contribution in [0.4, 0.5) is 5.69 Å². The van der Waals surface area contributed by atoms with Crippen LogP contribution in [-0.2, 0) is 4.79 Å². The summed E-state index contributed by atoms with van der Waals surface area (Å²) in [5.74, 6) is 0.896. The second kappa shape index (κ2) is 9.43. The van der Waals surface area contributed by atoms with E-state index in [1.807, 2.05) is 55.5 Å². The van der Waals surface area contributed by atoms with Gasteiger partial charge in [0, 0.05) is 18.3 Å². The lowest BCUT2D eigenvalue weighted by Crippen LogP contribution is -2.28. The maximum absolute atomic E-state index is 12.8. The monoisotopic (exact) mass is 386 g/mol. The summed E-state index contributed by atoms with van der Waals surface area (Å²) in [6.45, 7) is 2.46. The molecule has 1 amide bonds. The van der Waals surface area contributed by atoms with Gasteiger partial charge in [-0.05, 0) is 53.6 Å². The number of likely N-dealkylation sites (N-methyl/N-ethyl adjacent to an activating group) is 1. The predicted molar refractivity (Wildman–Crippen MR) is 115 cm³/mol. The highest BCUT2D eigenvalue weighted by Crippen LogP contribution is 2.28. The number of methoxy groups -OCH3 is 1. The predicted octanol–water partition coefficient (Wildman–Crippen LogP) is 4.82. The molecule has 0 N–H and O–H groups in total. The summed E-state index contributed by atoms with van der Waals surface area (Å²) in [5, 5.41) is 10.9. The van der Waals surface area contributed by atoms with Crippen LogP contribution in [0.2, 0.25) is 0 Å². The van der Waals surface area contributed by atoms with Gasteiger partial charge in [0.2, 0.25) is 0 Å². The zero-order chi connectivity index (χ0) is 20.6. The van der Waals surface area contributed by atoms with Crippen molar-refractivity contribution >= 4 is 28.4 Å². The number of nitrogens with zero attached hydrogens (tertiary/aromatic N) is 2. The molecule has 146 valence electrons. The van der Waals surface area contributed by atoms with Crippen LogP contribution in [0.15, 0.2) is 66.7 Å². The largest absolute Gasteiger partial charge is 0.493 e. The van der Waals surface area contributed by atoms with Crippen molar-refractivity contribution in [1.82, 2.24) is 0 Å². The summed E-state index contributed by atoms with van der Waals surface area (Å²) >= 11 is 0. The maximum Gasteiger partial charge on any atom is 0.250 e. The van der Waals surface area contributed by atoms with Gasteiger partial charge in [0.25, 0.3) is 5.91 Å². The Kier molecular flexibility index (Phi) is 6.49. The standard InChI is InChI=1S/C24H22N2O3/c1-3-26(21-11-10-19-6-4-5-7-20(19)17-21)24(27)13-9-18-8-12-22(29-15-14-25)23(16-18)28-2/h4-13,16-17H,3,15H2,1-2H3/b13-9+. The molecule has 3 aromatic rings. The number of ether oxygens (including phenoxy) is 2. The molecular formula is C24H22N2O3. The van der Waals surface area contributed by atoms with E-state index in [1.165, 1.54) is 7.11 Å². The van der Waals surface area contributed by atoms with Gasteiger partial charge in [-0.1, -0.05) is 36.4 Å². The highest BCUT2D eigenvalue weighted by Gasteiger charge is 2.12. The number of carbonyl (C=O) groups is 1. The van der Waals surface area contributed by atoms with E-state index < -0.39 is 0 Å². The lowest BCUT2D eigenvalue weighted by Gasteiger charge is -2.20. The number of hydrogen-bond donors (Lipinski definition) is 0. The van der Waals surface area contributed by atoms with Crippen LogP contribution < -0.4 is 14.4 Å². The SMILES string of the molecule is CCN(C(=O)/C=C/c1ccc(OCC#N)c(OC)c1)c1ccc2ccccc2c1. The Labute approximate surface area is 170 Å². The lowest BCUT2D eigenvalue weighted by atomic mass is 10.1. The molecule has 0 fully saturated rings. The summed E-state index contributed by atoms with van der Waals surface area (Å²) in [6, 6.07) is 21.3. The van der Waals surface area contributed by atoms with Crippen LogP contribution >= 0.6 is 0 Å². The van der Waals surface area contributed by atoms with Crippen molar-refractivity contribution in [2.75, 3.05) is 25.2 Å². The van der Waals surface area contributed by atoms with Gasteiger partial charge in [0.1, 0.15) is 6.07 Å². The van der Waals surface area contributed by atoms with E-state index in [0.29, 0.717) is 18.0 Å². The minimum atomic E-state index is -0.105. The molecule has 0 saturated heterocycles. The molecule has 0 aliphatic rings. The average molecular weight is 386 g/mol. The third kappa shape index (κ3) is 4.74. The summed E-state index contributed by atoms with van der Waals surface area (Å²) in [5.41, 5.74) is 1.66. The molecule has 3 rings (SSSR count). The first kappa shape index (κ1) is 20.0. The number of amides is 1. The highest BCUT2D eigenvalue weighted by molar-refractivity contribution is 6.05. The fourth-order valence-corrected chi connectivity index (χ4v) is 3.08. The summed E-state index contributed by atoms with van der Waals surface area (Å²) in [7, 11) is 1.53. The quantitative estimate of drug-likeness (QED) is 0.546. The van der Waals surface area contributed by atoms with E-state index in [0.717, 1.165) is 22.0 Å². The minimum absolute atomic E-state index is 0.0543. The molecule has 29 heavy (non-hydrogen) atoms. The van der Waals surface area contributed by atoms with Crippen molar-refractivity contribution in [2.45, 2.75) is 6.92 Å². The Balaban J connectivity index is 1.79. The van der Waals surface area contributed by atoms with Crippen LogP contribution in [0, 0.1) is 11.3 Å². The number of hydrogen-bond acceptors (Lipinski definition) is 4. The summed E-state index contributed by atoms with van der Waals surface area (Å²) in [4.78, 5) is 14.5. The van der Waals surface area contributed by atoms with Crippen LogP contribution in [-0.4, -0.2) is 26.2 Å². The first-order chi connectivity index (χ1) is 14.2. The van der Waals surface area contributed by atoms with E-state index in [1.54, 1.807) is 29.2 Å². The summed E-state index contributed by atoms with van der Waals surface area (Å²) in [6.07, 6.45) is 3.28. The Morgan fingerprint density at radius 2 is 1.86 bits per heavy atom. The topological polar surface area (TPSA) is 62.6 Å². The number of benzene rings is 3. The van der Waals surface area contributed by atoms with Gasteiger partial charge in [-0.2, -0.15) is 5.26 Å². The Morgan fingerprint density at radius 3 is 2.59 bits per heavy atom. The van der Waals surface area contributed by atoms with Gasteiger partial charge < -0.3 is 14.4 Å². The molecule has 0 bridgehead atoms. The normalized spacial score (nSPS) is 10.7. The van der Waals surface area contributed by atoms with E-state index in [2.05, 4.69) is 6.07 Å². The molecule has 0 saturated carbocycles. The van der Waals surface area contributed by atoms with Crippen molar-refractivity contribution in [3.63, 3.8) is 0 Å². The molecular weight excluding hydrogens is 364 g/mol. The number of nitriles is 1. The number of fused-ring (bicyclic) bond motifs is 1. The van der Waals surface area contributed by atoms with E-state index >= 15 is 0 Å². The summed E-state index contributed by atoms with van der Waals surface area (Å²) < 4.78 is 10.6. The van der Waals surface area contributed by atoms with Crippen LogP contribution in [0.1, 0.15) is 12.5 Å². The van der Waals surface area contributed by atoms with Gasteiger partial charge in [0.05, 0.1) is 7.11 Å². The number of rotatable bonds is 7. The first-order valence-electron chi connectivity index (χ1n) is 9.32. The van der Waals surface area contributed by atoms with Gasteiger partial charge in [-0.3, -0.25) is 4.79 Å². The molecule has 0 radical (unpaired) electrons. The lowest BCUT2D eigenvalue weighted by molar-refractivity contribution is -0.114. The number of anilines is 1. The first-order valence-corrected chi connectivity index (χ1v) is 9.32. The zero-order valence-electron chi connectivity index (χ0n) is 16.5. The smallest absolute Gasteiger partial charge is 0.250 e. The van der Waals surface area contributed by atoms with E-state index in [9.17, 15) is 4.79 Å². The molecule has 0 aliphatic heterocycles. The van der Waals surface area contributed by atoms with Crippen LogP contribution in [0.25, 0.3) is 16.8 Å². The zero-order valence-corrected chi connectivity index (χ0v) is 16.5. The van der Waals surface area contributed by atoms with Crippen molar-refractivity contribution in [3.8, 4) is 17.6 Å². The van der Waals surface area contributed by atoms with E-state index in [-0.39, 0.29) is 12.5 Å². The van der Waals surface area contributed by atoms with E-state index in [4.69, 9.17) is 14.7 Å². The molecule has 0 atom stereocenters. The molecule has 5 heteroatoms. The fourth-order valence-electron chi connectivity index (χ4n) is 3.08. The van der Waals surface area contributed by atoms with Gasteiger partial charge in [-0.15, -0.1) is 0 Å². The molecule has 0 spiro atoms. The molecule has 0 aromatic heterocycles. The molecule has 0 aliphatic carbocycles.